The minimum atomic E-state index is -0.229. The summed E-state index contributed by atoms with van der Waals surface area (Å²) in [6.07, 6.45) is 5.91. The van der Waals surface area contributed by atoms with Crippen LogP contribution in [0.4, 0.5) is 0 Å². The number of rotatable bonds is 1. The standard InChI is InChI=1S/C7H11O2/c8-6-7-4-2-1-3-5-9-7/h7H,1-5H2. The van der Waals surface area contributed by atoms with Gasteiger partial charge in [0.2, 0.25) is 6.29 Å². The molecule has 0 aromatic rings. The fourth-order valence-electron chi connectivity index (χ4n) is 1.01. The van der Waals surface area contributed by atoms with E-state index in [4.69, 9.17) is 4.74 Å². The maximum absolute atomic E-state index is 10.1. The summed E-state index contributed by atoms with van der Waals surface area (Å²) in [4.78, 5) is 10.1. The first kappa shape index (κ1) is 6.75. The average molecular weight is 127 g/mol. The van der Waals surface area contributed by atoms with E-state index in [0.29, 0.717) is 0 Å². The number of ether oxygens (including phenoxy) is 1. The molecule has 0 N–H and O–H groups in total. The van der Waals surface area contributed by atoms with E-state index in [-0.39, 0.29) is 6.10 Å². The van der Waals surface area contributed by atoms with Crippen LogP contribution in [0.5, 0.6) is 0 Å². The monoisotopic (exact) mass is 127 g/mol. The number of hydrogen-bond donors (Lipinski definition) is 0. The van der Waals surface area contributed by atoms with Crippen LogP contribution in [0.15, 0.2) is 0 Å². The van der Waals surface area contributed by atoms with Crippen molar-refractivity contribution in [3.05, 3.63) is 0 Å². The third-order valence-corrected chi connectivity index (χ3v) is 1.56. The van der Waals surface area contributed by atoms with E-state index in [1.54, 1.807) is 0 Å². The van der Waals surface area contributed by atoms with Gasteiger partial charge in [0.25, 0.3) is 0 Å². The molecule has 1 saturated heterocycles. The maximum atomic E-state index is 10.1. The Morgan fingerprint density at radius 2 is 2.22 bits per heavy atom. The highest BCUT2D eigenvalue weighted by molar-refractivity contribution is 5.56. The first-order chi connectivity index (χ1) is 4.43. The van der Waals surface area contributed by atoms with E-state index < -0.39 is 0 Å². The minimum Gasteiger partial charge on any atom is -0.370 e. The lowest BCUT2D eigenvalue weighted by Gasteiger charge is -2.03. The van der Waals surface area contributed by atoms with Gasteiger partial charge in [-0.1, -0.05) is 12.8 Å². The van der Waals surface area contributed by atoms with Gasteiger partial charge in [-0.2, -0.15) is 0 Å². The van der Waals surface area contributed by atoms with Gasteiger partial charge in [0.15, 0.2) is 0 Å². The third kappa shape index (κ3) is 2.14. The molecule has 0 spiro atoms. The SMILES string of the molecule is O=[C]C1CCCCCO1. The summed E-state index contributed by atoms with van der Waals surface area (Å²) >= 11 is 0. The zero-order chi connectivity index (χ0) is 6.53. The van der Waals surface area contributed by atoms with Gasteiger partial charge in [0, 0.05) is 6.61 Å². The van der Waals surface area contributed by atoms with Crippen molar-refractivity contribution >= 4 is 6.29 Å². The van der Waals surface area contributed by atoms with Crippen LogP contribution in [-0.4, -0.2) is 19.0 Å². The van der Waals surface area contributed by atoms with Crippen molar-refractivity contribution in [2.45, 2.75) is 31.8 Å². The molecule has 51 valence electrons. The molecule has 1 rings (SSSR count). The van der Waals surface area contributed by atoms with Gasteiger partial charge in [-0.05, 0) is 12.8 Å². The molecular weight excluding hydrogens is 116 g/mol. The molecule has 1 aliphatic rings. The first-order valence-electron chi connectivity index (χ1n) is 3.43. The highest BCUT2D eigenvalue weighted by Crippen LogP contribution is 2.10. The second-order valence-electron chi connectivity index (χ2n) is 2.33. The molecular formula is C7H11O2. The predicted molar refractivity (Wildman–Crippen MR) is 33.9 cm³/mol. The highest BCUT2D eigenvalue weighted by Gasteiger charge is 2.10. The molecule has 0 bridgehead atoms. The van der Waals surface area contributed by atoms with Crippen LogP contribution in [0.3, 0.4) is 0 Å². The van der Waals surface area contributed by atoms with Crippen molar-refractivity contribution in [1.29, 1.82) is 0 Å². The molecule has 2 heteroatoms. The molecule has 0 aromatic carbocycles. The lowest BCUT2D eigenvalue weighted by atomic mass is 10.2. The summed E-state index contributed by atoms with van der Waals surface area (Å²) in [7, 11) is 0. The second kappa shape index (κ2) is 3.62. The average Bonchev–Trinajstić information content (AvgIpc) is 2.13. The van der Waals surface area contributed by atoms with Crippen LogP contribution in [0.2, 0.25) is 0 Å². The van der Waals surface area contributed by atoms with Crippen LogP contribution < -0.4 is 0 Å². The molecule has 1 radical (unpaired) electrons. The smallest absolute Gasteiger partial charge is 0.229 e. The van der Waals surface area contributed by atoms with Crippen LogP contribution in [0.1, 0.15) is 25.7 Å². The van der Waals surface area contributed by atoms with Crippen molar-refractivity contribution in [1.82, 2.24) is 0 Å². The highest BCUT2D eigenvalue weighted by atomic mass is 16.5. The summed E-state index contributed by atoms with van der Waals surface area (Å²) in [6, 6.07) is 0. The van der Waals surface area contributed by atoms with Gasteiger partial charge < -0.3 is 4.74 Å². The Hall–Kier alpha value is -0.370. The first-order valence-corrected chi connectivity index (χ1v) is 3.43. The van der Waals surface area contributed by atoms with Crippen molar-refractivity contribution in [2.75, 3.05) is 6.61 Å². The molecule has 0 aromatic heterocycles. The predicted octanol–water partition coefficient (Wildman–Crippen LogP) is 1.06. The molecule has 1 atom stereocenters. The van der Waals surface area contributed by atoms with Crippen molar-refractivity contribution < 1.29 is 9.53 Å². The molecule has 1 unspecified atom stereocenters. The Balaban J connectivity index is 2.26. The van der Waals surface area contributed by atoms with Crippen LogP contribution in [-0.2, 0) is 9.53 Å². The van der Waals surface area contributed by atoms with E-state index in [0.717, 1.165) is 25.9 Å². The molecule has 0 aliphatic carbocycles. The van der Waals surface area contributed by atoms with Crippen molar-refractivity contribution in [3.63, 3.8) is 0 Å². The summed E-state index contributed by atoms with van der Waals surface area (Å²) in [5.41, 5.74) is 0. The zero-order valence-corrected chi connectivity index (χ0v) is 5.43. The van der Waals surface area contributed by atoms with Crippen LogP contribution in [0, 0.1) is 0 Å². The van der Waals surface area contributed by atoms with Gasteiger partial charge in [-0.25, -0.2) is 0 Å². The van der Waals surface area contributed by atoms with Gasteiger partial charge in [-0.3, -0.25) is 4.79 Å². The van der Waals surface area contributed by atoms with Gasteiger partial charge in [-0.15, -0.1) is 0 Å². The van der Waals surface area contributed by atoms with E-state index in [9.17, 15) is 4.79 Å². The zero-order valence-electron chi connectivity index (χ0n) is 5.43. The summed E-state index contributed by atoms with van der Waals surface area (Å²) in [5, 5.41) is 0. The lowest BCUT2D eigenvalue weighted by Crippen LogP contribution is -2.12. The molecule has 1 aliphatic heterocycles. The fourth-order valence-corrected chi connectivity index (χ4v) is 1.01. The fraction of sp³-hybridized carbons (Fsp3) is 0.857. The quantitative estimate of drug-likeness (QED) is 0.526. The lowest BCUT2D eigenvalue weighted by molar-refractivity contribution is 0.102. The van der Waals surface area contributed by atoms with E-state index >= 15 is 0 Å². The second-order valence-corrected chi connectivity index (χ2v) is 2.33. The van der Waals surface area contributed by atoms with Gasteiger partial charge in [0.05, 0.1) is 0 Å². The number of carbonyl (C=O) groups excluding carboxylic acids is 1. The Labute approximate surface area is 55.2 Å². The van der Waals surface area contributed by atoms with Gasteiger partial charge in [0.1, 0.15) is 6.10 Å². The Kier molecular flexibility index (Phi) is 2.71. The Bertz CT molecular complexity index is 82.9. The summed E-state index contributed by atoms with van der Waals surface area (Å²) < 4.78 is 5.13. The molecule has 2 nitrogen and oxygen atoms in total. The van der Waals surface area contributed by atoms with Crippen molar-refractivity contribution in [2.24, 2.45) is 0 Å². The summed E-state index contributed by atoms with van der Waals surface area (Å²) in [6.45, 7) is 0.736. The summed E-state index contributed by atoms with van der Waals surface area (Å²) in [5.74, 6) is 0. The van der Waals surface area contributed by atoms with Gasteiger partial charge >= 0.3 is 0 Å². The molecule has 1 fully saturated rings. The van der Waals surface area contributed by atoms with Crippen LogP contribution in [0.25, 0.3) is 0 Å². The van der Waals surface area contributed by atoms with E-state index in [1.165, 1.54) is 6.42 Å². The Morgan fingerprint density at radius 3 is 3.00 bits per heavy atom. The molecule has 9 heavy (non-hydrogen) atoms. The molecule has 1 heterocycles. The molecule has 0 amide bonds. The minimum absolute atomic E-state index is 0.229. The van der Waals surface area contributed by atoms with Crippen molar-refractivity contribution in [3.8, 4) is 0 Å². The topological polar surface area (TPSA) is 26.3 Å². The van der Waals surface area contributed by atoms with Crippen LogP contribution >= 0.6 is 0 Å². The molecule has 0 saturated carbocycles. The van der Waals surface area contributed by atoms with E-state index in [1.807, 2.05) is 6.29 Å². The number of hydrogen-bond acceptors (Lipinski definition) is 2. The Morgan fingerprint density at radius 1 is 1.33 bits per heavy atom. The largest absolute Gasteiger partial charge is 0.370 e. The maximum Gasteiger partial charge on any atom is 0.229 e. The van der Waals surface area contributed by atoms with E-state index in [2.05, 4.69) is 0 Å². The third-order valence-electron chi connectivity index (χ3n) is 1.56. The normalized spacial score (nSPS) is 29.1.